The number of nitrogens with one attached hydrogen (secondary N) is 1. The maximum absolute atomic E-state index is 7.98. The van der Waals surface area contributed by atoms with E-state index < -0.39 is 0 Å². The average Bonchev–Trinajstić information content (AvgIpc) is 2.62. The molecule has 0 atom stereocenters. The smallest absolute Gasteiger partial charge is 0.182 e. The molecule has 1 heterocycles. The second-order valence-electron chi connectivity index (χ2n) is 3.61. The van der Waals surface area contributed by atoms with Crippen molar-refractivity contribution in [2.75, 3.05) is 18.6 Å². The fourth-order valence-electron chi connectivity index (χ4n) is 1.73. The lowest BCUT2D eigenvalue weighted by Crippen LogP contribution is -2.14. The summed E-state index contributed by atoms with van der Waals surface area (Å²) in [5, 5.41) is 7.98. The molecule has 92 valence electrons. The number of hydrogen-bond acceptors (Lipinski definition) is 4. The van der Waals surface area contributed by atoms with Gasteiger partial charge in [-0.05, 0) is 31.4 Å². The Hall–Kier alpha value is -0.940. The van der Waals surface area contributed by atoms with Crippen LogP contribution in [-0.4, -0.2) is 23.2 Å². The van der Waals surface area contributed by atoms with Crippen molar-refractivity contribution in [2.24, 2.45) is 0 Å². The fraction of sp³-hybridized carbons (Fsp3) is 0.417. The summed E-state index contributed by atoms with van der Waals surface area (Å²) in [6.07, 6.45) is 2.09. The lowest BCUT2D eigenvalue weighted by Gasteiger charge is -2.05. The molecule has 0 aliphatic heterocycles. The van der Waals surface area contributed by atoms with Gasteiger partial charge in [-0.3, -0.25) is 5.41 Å². The zero-order chi connectivity index (χ0) is 12.3. The van der Waals surface area contributed by atoms with E-state index in [1.165, 1.54) is 11.3 Å². The standard InChI is InChI=1S/C12H16N2OS2/c1-3-15-9-4-5-10-11(8-9)17-12(13)14(10)6-7-16-2/h4-5,8,13H,3,6-7H2,1-2H3. The van der Waals surface area contributed by atoms with Crippen molar-refractivity contribution in [1.29, 1.82) is 5.41 Å². The molecule has 1 aromatic heterocycles. The van der Waals surface area contributed by atoms with Crippen LogP contribution in [0.1, 0.15) is 6.92 Å². The van der Waals surface area contributed by atoms with Gasteiger partial charge >= 0.3 is 0 Å². The zero-order valence-electron chi connectivity index (χ0n) is 10.0. The van der Waals surface area contributed by atoms with Crippen molar-refractivity contribution in [3.63, 3.8) is 0 Å². The zero-order valence-corrected chi connectivity index (χ0v) is 11.7. The van der Waals surface area contributed by atoms with Crippen LogP contribution in [0.4, 0.5) is 0 Å². The van der Waals surface area contributed by atoms with E-state index in [2.05, 4.69) is 16.9 Å². The summed E-state index contributed by atoms with van der Waals surface area (Å²) in [7, 11) is 0. The van der Waals surface area contributed by atoms with Gasteiger partial charge in [-0.25, -0.2) is 0 Å². The lowest BCUT2D eigenvalue weighted by molar-refractivity contribution is 0.341. The van der Waals surface area contributed by atoms with Crippen molar-refractivity contribution >= 4 is 33.3 Å². The molecule has 0 spiro atoms. The van der Waals surface area contributed by atoms with Crippen LogP contribution >= 0.6 is 23.1 Å². The number of hydrogen-bond donors (Lipinski definition) is 1. The summed E-state index contributed by atoms with van der Waals surface area (Å²) < 4.78 is 8.66. The van der Waals surface area contributed by atoms with Gasteiger partial charge in [0.2, 0.25) is 0 Å². The highest BCUT2D eigenvalue weighted by Crippen LogP contribution is 2.23. The van der Waals surface area contributed by atoms with Gasteiger partial charge in [0, 0.05) is 12.3 Å². The van der Waals surface area contributed by atoms with E-state index in [4.69, 9.17) is 10.1 Å². The number of aromatic nitrogens is 1. The number of nitrogens with zero attached hydrogens (tertiary/aromatic N) is 1. The fourth-order valence-corrected chi connectivity index (χ4v) is 3.06. The summed E-state index contributed by atoms with van der Waals surface area (Å²) in [5.74, 6) is 1.92. The van der Waals surface area contributed by atoms with Crippen LogP contribution in [-0.2, 0) is 6.54 Å². The van der Waals surface area contributed by atoms with Crippen molar-refractivity contribution in [1.82, 2.24) is 4.57 Å². The number of aryl methyl sites for hydroxylation is 1. The molecule has 0 aliphatic rings. The molecule has 0 amide bonds. The lowest BCUT2D eigenvalue weighted by atomic mass is 10.3. The predicted octanol–water partition coefficient (Wildman–Crippen LogP) is 2.94. The van der Waals surface area contributed by atoms with E-state index >= 15 is 0 Å². The molecule has 0 saturated carbocycles. The Morgan fingerprint density at radius 2 is 2.29 bits per heavy atom. The largest absolute Gasteiger partial charge is 0.494 e. The van der Waals surface area contributed by atoms with Gasteiger partial charge in [-0.1, -0.05) is 11.3 Å². The summed E-state index contributed by atoms with van der Waals surface area (Å²) in [5.41, 5.74) is 1.14. The molecule has 1 aromatic carbocycles. The minimum absolute atomic E-state index is 0.614. The molecule has 0 radical (unpaired) electrons. The first-order valence-electron chi connectivity index (χ1n) is 5.56. The van der Waals surface area contributed by atoms with Crippen LogP contribution in [0.2, 0.25) is 0 Å². The Kier molecular flexibility index (Phi) is 4.12. The van der Waals surface area contributed by atoms with Crippen LogP contribution in [0.25, 0.3) is 10.2 Å². The maximum atomic E-state index is 7.98. The van der Waals surface area contributed by atoms with E-state index in [0.717, 1.165) is 28.3 Å². The third kappa shape index (κ3) is 2.66. The molecular weight excluding hydrogens is 252 g/mol. The average molecular weight is 268 g/mol. The number of benzene rings is 1. The highest BCUT2D eigenvalue weighted by molar-refractivity contribution is 7.98. The molecule has 3 nitrogen and oxygen atoms in total. The van der Waals surface area contributed by atoms with Crippen LogP contribution in [0.15, 0.2) is 18.2 Å². The highest BCUT2D eigenvalue weighted by atomic mass is 32.2. The van der Waals surface area contributed by atoms with E-state index in [1.54, 1.807) is 11.8 Å². The topological polar surface area (TPSA) is 38.0 Å². The molecule has 0 fully saturated rings. The summed E-state index contributed by atoms with van der Waals surface area (Å²) in [4.78, 5) is 0.614. The van der Waals surface area contributed by atoms with Gasteiger partial charge in [-0.2, -0.15) is 11.8 Å². The first-order valence-corrected chi connectivity index (χ1v) is 7.77. The molecule has 0 saturated heterocycles. The van der Waals surface area contributed by atoms with Crippen LogP contribution in [0, 0.1) is 5.41 Å². The van der Waals surface area contributed by atoms with Crippen molar-refractivity contribution in [2.45, 2.75) is 13.5 Å². The maximum Gasteiger partial charge on any atom is 0.182 e. The molecule has 2 rings (SSSR count). The predicted molar refractivity (Wildman–Crippen MR) is 75.2 cm³/mol. The summed E-state index contributed by atoms with van der Waals surface area (Å²) >= 11 is 3.31. The quantitative estimate of drug-likeness (QED) is 0.905. The third-order valence-electron chi connectivity index (χ3n) is 2.50. The van der Waals surface area contributed by atoms with Gasteiger partial charge < -0.3 is 9.30 Å². The highest BCUT2D eigenvalue weighted by Gasteiger charge is 2.06. The van der Waals surface area contributed by atoms with Gasteiger partial charge in [0.1, 0.15) is 5.75 Å². The first kappa shape index (κ1) is 12.5. The molecule has 5 heteroatoms. The summed E-state index contributed by atoms with van der Waals surface area (Å²) in [6, 6.07) is 6.06. The molecule has 2 aromatic rings. The number of thioether (sulfide) groups is 1. The van der Waals surface area contributed by atoms with Gasteiger partial charge in [0.15, 0.2) is 4.80 Å². The minimum Gasteiger partial charge on any atom is -0.494 e. The molecule has 0 aliphatic carbocycles. The number of rotatable bonds is 5. The second kappa shape index (κ2) is 5.60. The SMILES string of the molecule is CCOc1ccc2c(c1)sc(=N)n2CCSC. The normalized spacial score (nSPS) is 10.9. The first-order chi connectivity index (χ1) is 8.26. The van der Waals surface area contributed by atoms with E-state index in [1.807, 2.05) is 19.1 Å². The molecular formula is C12H16N2OS2. The minimum atomic E-state index is 0.614. The van der Waals surface area contributed by atoms with E-state index in [-0.39, 0.29) is 0 Å². The molecule has 17 heavy (non-hydrogen) atoms. The molecule has 0 bridgehead atoms. The van der Waals surface area contributed by atoms with E-state index in [0.29, 0.717) is 11.4 Å². The Bertz CT molecular complexity index is 559. The monoisotopic (exact) mass is 268 g/mol. The number of thiazole rings is 1. The molecule has 1 N–H and O–H groups in total. The Morgan fingerprint density at radius 3 is 3.00 bits per heavy atom. The molecule has 0 unspecified atom stereocenters. The Balaban J connectivity index is 2.41. The Labute approximate surface area is 109 Å². The summed E-state index contributed by atoms with van der Waals surface area (Å²) in [6.45, 7) is 3.55. The Morgan fingerprint density at radius 1 is 1.47 bits per heavy atom. The number of fused-ring (bicyclic) bond motifs is 1. The van der Waals surface area contributed by atoms with Crippen LogP contribution in [0.5, 0.6) is 5.75 Å². The van der Waals surface area contributed by atoms with Crippen LogP contribution in [0.3, 0.4) is 0 Å². The van der Waals surface area contributed by atoms with Gasteiger partial charge in [0.25, 0.3) is 0 Å². The number of ether oxygens (including phenoxy) is 1. The van der Waals surface area contributed by atoms with Gasteiger partial charge in [-0.15, -0.1) is 0 Å². The van der Waals surface area contributed by atoms with Crippen LogP contribution < -0.4 is 9.54 Å². The third-order valence-corrected chi connectivity index (χ3v) is 4.06. The van der Waals surface area contributed by atoms with Crippen molar-refractivity contribution in [3.8, 4) is 5.75 Å². The van der Waals surface area contributed by atoms with Gasteiger partial charge in [0.05, 0.1) is 16.8 Å². The van der Waals surface area contributed by atoms with Crippen molar-refractivity contribution in [3.05, 3.63) is 23.0 Å². The van der Waals surface area contributed by atoms with E-state index in [9.17, 15) is 0 Å². The van der Waals surface area contributed by atoms with Crippen molar-refractivity contribution < 1.29 is 4.74 Å². The second-order valence-corrected chi connectivity index (χ2v) is 5.63.